The van der Waals surface area contributed by atoms with Crippen LogP contribution in [0.25, 0.3) is 5.69 Å². The minimum atomic E-state index is -0.875. The van der Waals surface area contributed by atoms with Crippen LogP contribution in [0.4, 0.5) is 13.2 Å². The molecule has 3 aromatic rings. The zero-order valence-electron chi connectivity index (χ0n) is 18.1. The fourth-order valence-corrected chi connectivity index (χ4v) is 3.71. The van der Waals surface area contributed by atoms with Crippen molar-refractivity contribution in [3.63, 3.8) is 0 Å². The number of nitrogens with one attached hydrogen (secondary N) is 1. The summed E-state index contributed by atoms with van der Waals surface area (Å²) >= 11 is 0. The molecule has 0 saturated carbocycles. The Balaban J connectivity index is 1.58. The Morgan fingerprint density at radius 1 is 1.18 bits per heavy atom. The Bertz CT molecular complexity index is 1130. The molecule has 0 aliphatic carbocycles. The normalized spacial score (nSPS) is 15.6. The third kappa shape index (κ3) is 5.54. The van der Waals surface area contributed by atoms with Crippen molar-refractivity contribution >= 4 is 5.91 Å². The molecule has 33 heavy (non-hydrogen) atoms. The van der Waals surface area contributed by atoms with E-state index in [-0.39, 0.29) is 36.5 Å². The van der Waals surface area contributed by atoms with E-state index >= 15 is 0 Å². The van der Waals surface area contributed by atoms with E-state index in [9.17, 15) is 18.0 Å². The van der Waals surface area contributed by atoms with Gasteiger partial charge in [0.2, 0.25) is 11.8 Å². The zero-order valence-corrected chi connectivity index (χ0v) is 18.1. The van der Waals surface area contributed by atoms with E-state index in [0.29, 0.717) is 30.1 Å². The highest BCUT2D eigenvalue weighted by atomic mass is 19.1. The molecule has 1 aliphatic rings. The number of hydrogen-bond acceptors (Lipinski definition) is 4. The molecule has 1 atom stereocenters. The first-order valence-corrected chi connectivity index (χ1v) is 10.8. The number of carbonyl (C=O) groups is 1. The Morgan fingerprint density at radius 2 is 1.94 bits per heavy atom. The Hall–Kier alpha value is -3.33. The van der Waals surface area contributed by atoms with Crippen molar-refractivity contribution in [2.75, 3.05) is 13.2 Å². The Kier molecular flexibility index (Phi) is 6.98. The molecule has 1 fully saturated rings. The number of aryl methyl sites for hydroxylation is 1. The molecule has 1 aromatic heterocycles. The number of ether oxygens (including phenoxy) is 2. The van der Waals surface area contributed by atoms with Crippen molar-refractivity contribution in [3.8, 4) is 17.3 Å². The lowest BCUT2D eigenvalue weighted by Gasteiger charge is -2.13. The quantitative estimate of drug-likeness (QED) is 0.534. The molecule has 2 aromatic carbocycles. The summed E-state index contributed by atoms with van der Waals surface area (Å²) in [6.45, 7) is 2.91. The fourth-order valence-electron chi connectivity index (χ4n) is 3.71. The Labute approximate surface area is 189 Å². The smallest absolute Gasteiger partial charge is 0.226 e. The third-order valence-corrected chi connectivity index (χ3v) is 5.46. The van der Waals surface area contributed by atoms with Gasteiger partial charge >= 0.3 is 0 Å². The first-order chi connectivity index (χ1) is 15.9. The number of nitrogens with zero attached hydrogens (tertiary/aromatic N) is 2. The van der Waals surface area contributed by atoms with E-state index in [1.54, 1.807) is 6.92 Å². The van der Waals surface area contributed by atoms with Crippen LogP contribution in [0.1, 0.15) is 30.5 Å². The summed E-state index contributed by atoms with van der Waals surface area (Å²) in [5.74, 6) is -2.19. The molecule has 2 heterocycles. The molecule has 6 nitrogen and oxygen atoms in total. The SMILES string of the molecule is Cc1nn(-c2ccc(F)cc2)c(Oc2ccc(F)cc2F)c1CCC(=O)NC[C@@H]1CCCO1. The van der Waals surface area contributed by atoms with Crippen LogP contribution >= 0.6 is 0 Å². The lowest BCUT2D eigenvalue weighted by molar-refractivity contribution is -0.121. The summed E-state index contributed by atoms with van der Waals surface area (Å²) in [6.07, 6.45) is 2.39. The highest BCUT2D eigenvalue weighted by molar-refractivity contribution is 5.76. The second-order valence-corrected chi connectivity index (χ2v) is 7.87. The van der Waals surface area contributed by atoms with Gasteiger partial charge in [0.15, 0.2) is 11.6 Å². The van der Waals surface area contributed by atoms with E-state index in [0.717, 1.165) is 25.0 Å². The van der Waals surface area contributed by atoms with Gasteiger partial charge in [-0.3, -0.25) is 4.79 Å². The molecule has 0 spiro atoms. The molecule has 0 unspecified atom stereocenters. The molecular weight excluding hydrogens is 435 g/mol. The van der Waals surface area contributed by atoms with Gasteiger partial charge in [0.1, 0.15) is 11.6 Å². The van der Waals surface area contributed by atoms with Crippen molar-refractivity contribution in [2.24, 2.45) is 0 Å². The molecule has 1 aliphatic heterocycles. The summed E-state index contributed by atoms with van der Waals surface area (Å²) in [5, 5.41) is 7.33. The van der Waals surface area contributed by atoms with Crippen LogP contribution in [0.3, 0.4) is 0 Å². The van der Waals surface area contributed by atoms with Crippen LogP contribution in [0.2, 0.25) is 0 Å². The van der Waals surface area contributed by atoms with Crippen LogP contribution in [0, 0.1) is 24.4 Å². The van der Waals surface area contributed by atoms with Gasteiger partial charge in [0.25, 0.3) is 0 Å². The second-order valence-electron chi connectivity index (χ2n) is 7.87. The van der Waals surface area contributed by atoms with E-state index < -0.39 is 17.5 Å². The standard InChI is InChI=1S/C24H24F3N3O3/c1-15-20(9-11-23(31)28-14-19-3-2-12-32-19)24(33-22-10-6-17(26)13-21(22)27)30(29-15)18-7-4-16(25)5-8-18/h4-8,10,13,19H,2-3,9,11-12,14H2,1H3,(H,28,31)/t19-/m0/s1. The number of halogens is 3. The van der Waals surface area contributed by atoms with Crippen LogP contribution in [-0.4, -0.2) is 34.9 Å². The molecule has 1 saturated heterocycles. The number of aromatic nitrogens is 2. The molecule has 0 radical (unpaired) electrons. The topological polar surface area (TPSA) is 65.4 Å². The number of hydrogen-bond donors (Lipinski definition) is 1. The predicted octanol–water partition coefficient (Wildman–Crippen LogP) is 4.62. The largest absolute Gasteiger partial charge is 0.436 e. The maximum Gasteiger partial charge on any atom is 0.226 e. The summed E-state index contributed by atoms with van der Waals surface area (Å²) in [6, 6.07) is 8.54. The van der Waals surface area contributed by atoms with Crippen LogP contribution in [0.5, 0.6) is 11.6 Å². The van der Waals surface area contributed by atoms with Crippen molar-refractivity contribution in [1.29, 1.82) is 0 Å². The van der Waals surface area contributed by atoms with Crippen molar-refractivity contribution in [3.05, 3.63) is 71.2 Å². The fraction of sp³-hybridized carbons (Fsp3) is 0.333. The highest BCUT2D eigenvalue weighted by Crippen LogP contribution is 2.33. The summed E-state index contributed by atoms with van der Waals surface area (Å²) in [5.41, 5.74) is 1.66. The van der Waals surface area contributed by atoms with Gasteiger partial charge in [-0.15, -0.1) is 0 Å². The van der Waals surface area contributed by atoms with Gasteiger partial charge in [-0.2, -0.15) is 5.10 Å². The van der Waals surface area contributed by atoms with Crippen LogP contribution in [0.15, 0.2) is 42.5 Å². The minimum absolute atomic E-state index is 0.0391. The number of rotatable bonds is 8. The highest BCUT2D eigenvalue weighted by Gasteiger charge is 2.22. The van der Waals surface area contributed by atoms with Gasteiger partial charge < -0.3 is 14.8 Å². The lowest BCUT2D eigenvalue weighted by atomic mass is 10.1. The average Bonchev–Trinajstić information content (AvgIpc) is 3.41. The predicted molar refractivity (Wildman–Crippen MR) is 115 cm³/mol. The second kappa shape index (κ2) is 10.1. The molecule has 0 bridgehead atoms. The van der Waals surface area contributed by atoms with Gasteiger partial charge in [-0.1, -0.05) is 0 Å². The molecule has 1 N–H and O–H groups in total. The molecular formula is C24H24F3N3O3. The number of benzene rings is 2. The van der Waals surface area contributed by atoms with Gasteiger partial charge in [0.05, 0.1) is 17.5 Å². The monoisotopic (exact) mass is 459 g/mol. The van der Waals surface area contributed by atoms with Crippen molar-refractivity contribution in [2.45, 2.75) is 38.7 Å². The molecule has 174 valence electrons. The van der Waals surface area contributed by atoms with E-state index in [2.05, 4.69) is 10.4 Å². The number of carbonyl (C=O) groups excluding carboxylic acids is 1. The first kappa shape index (κ1) is 22.8. The summed E-state index contributed by atoms with van der Waals surface area (Å²) in [7, 11) is 0. The lowest BCUT2D eigenvalue weighted by Crippen LogP contribution is -2.31. The van der Waals surface area contributed by atoms with E-state index in [1.165, 1.54) is 35.0 Å². The maximum atomic E-state index is 14.3. The minimum Gasteiger partial charge on any atom is -0.436 e. The maximum absolute atomic E-state index is 14.3. The van der Waals surface area contributed by atoms with E-state index in [4.69, 9.17) is 9.47 Å². The van der Waals surface area contributed by atoms with Gasteiger partial charge in [-0.05, 0) is 62.6 Å². The van der Waals surface area contributed by atoms with Crippen LogP contribution < -0.4 is 10.1 Å². The molecule has 1 amide bonds. The zero-order chi connectivity index (χ0) is 23.4. The van der Waals surface area contributed by atoms with E-state index in [1.807, 2.05) is 0 Å². The van der Waals surface area contributed by atoms with Crippen molar-refractivity contribution < 1.29 is 27.4 Å². The Morgan fingerprint density at radius 3 is 2.64 bits per heavy atom. The van der Waals surface area contributed by atoms with Crippen LogP contribution in [-0.2, 0) is 16.0 Å². The third-order valence-electron chi connectivity index (χ3n) is 5.46. The average molecular weight is 459 g/mol. The molecule has 9 heteroatoms. The van der Waals surface area contributed by atoms with Gasteiger partial charge in [0, 0.05) is 31.2 Å². The van der Waals surface area contributed by atoms with Crippen molar-refractivity contribution in [1.82, 2.24) is 15.1 Å². The number of amides is 1. The first-order valence-electron chi connectivity index (χ1n) is 10.8. The summed E-state index contributed by atoms with van der Waals surface area (Å²) in [4.78, 5) is 12.4. The summed E-state index contributed by atoms with van der Waals surface area (Å²) < 4.78 is 53.8. The van der Waals surface area contributed by atoms with Gasteiger partial charge in [-0.25, -0.2) is 17.9 Å². The molecule has 4 rings (SSSR count).